The van der Waals surface area contributed by atoms with Gasteiger partial charge in [0.05, 0.1) is 18.1 Å². The average Bonchev–Trinajstić information content (AvgIpc) is 3.18. The highest BCUT2D eigenvalue weighted by atomic mass is 16.4. The van der Waals surface area contributed by atoms with Crippen LogP contribution in [0.3, 0.4) is 0 Å². The smallest absolute Gasteiger partial charge is 0.309 e. The van der Waals surface area contributed by atoms with Crippen molar-refractivity contribution in [3.8, 4) is 0 Å². The molecule has 3 N–H and O–H groups in total. The molecule has 188 valence electrons. The van der Waals surface area contributed by atoms with Crippen LogP contribution in [0.1, 0.15) is 98.8 Å². The van der Waals surface area contributed by atoms with E-state index >= 15 is 0 Å². The molecule has 5 fully saturated rings. The van der Waals surface area contributed by atoms with Crippen LogP contribution in [0.2, 0.25) is 0 Å². The summed E-state index contributed by atoms with van der Waals surface area (Å²) < 4.78 is 0. The van der Waals surface area contributed by atoms with Crippen LogP contribution in [0.5, 0.6) is 0 Å². The van der Waals surface area contributed by atoms with E-state index in [9.17, 15) is 20.1 Å². The van der Waals surface area contributed by atoms with E-state index in [1.54, 1.807) is 0 Å². The predicted molar refractivity (Wildman–Crippen MR) is 129 cm³/mol. The van der Waals surface area contributed by atoms with Gasteiger partial charge in [0.25, 0.3) is 0 Å². The monoisotopic (exact) mass is 460 g/mol. The molecule has 5 saturated carbocycles. The second-order valence-corrected chi connectivity index (χ2v) is 14.2. The van der Waals surface area contributed by atoms with E-state index in [-0.39, 0.29) is 17.4 Å². The zero-order valence-corrected chi connectivity index (χ0v) is 21.6. The number of aliphatic hydroxyl groups is 2. The quantitative estimate of drug-likeness (QED) is 0.501. The molecule has 0 radical (unpaired) electrons. The van der Waals surface area contributed by atoms with Crippen LogP contribution in [-0.4, -0.2) is 34.0 Å². The zero-order chi connectivity index (χ0) is 24.0. The maximum atomic E-state index is 12.7. The second kappa shape index (κ2) is 7.69. The SMILES string of the molecule is CC(C)[C@@H]1CCC2(C(=O)O)CCC3C(CCC4[C@@]3(C)CCC3[C@]4(C)CC[C@H](O)[C@@]3(C)CO)C12. The Morgan fingerprint density at radius 2 is 1.55 bits per heavy atom. The standard InChI is InChI=1S/C29H48O4/c1-17(2)18-8-14-29(25(32)33)15-9-20-19(24(18)29)6-7-21-26(20,3)12-10-22-27(21,4)13-11-23(31)28(22,5)16-30/h17-24,30-31H,6-16H2,1-5H3,(H,32,33)/t18-,19?,20?,21?,22?,23-,24?,26-,27+,28-,29?/m0/s1. The Morgan fingerprint density at radius 1 is 0.879 bits per heavy atom. The number of aliphatic carboxylic acids is 1. The zero-order valence-electron chi connectivity index (χ0n) is 21.6. The van der Waals surface area contributed by atoms with E-state index in [0.717, 1.165) is 44.9 Å². The number of carboxylic acids is 1. The van der Waals surface area contributed by atoms with Gasteiger partial charge in [0, 0.05) is 5.41 Å². The first kappa shape index (κ1) is 24.1. The summed E-state index contributed by atoms with van der Waals surface area (Å²) >= 11 is 0. The summed E-state index contributed by atoms with van der Waals surface area (Å²) in [4.78, 5) is 12.7. The minimum Gasteiger partial charge on any atom is -0.481 e. The van der Waals surface area contributed by atoms with E-state index in [1.807, 2.05) is 0 Å². The Bertz CT molecular complexity index is 794. The molecule has 4 heteroatoms. The lowest BCUT2D eigenvalue weighted by molar-refractivity contribution is -0.228. The van der Waals surface area contributed by atoms with E-state index in [2.05, 4.69) is 34.6 Å². The van der Waals surface area contributed by atoms with Crippen molar-refractivity contribution in [3.63, 3.8) is 0 Å². The second-order valence-electron chi connectivity index (χ2n) is 14.2. The van der Waals surface area contributed by atoms with Crippen LogP contribution in [-0.2, 0) is 4.79 Å². The third kappa shape index (κ3) is 2.98. The van der Waals surface area contributed by atoms with E-state index in [4.69, 9.17) is 0 Å². The molecule has 5 rings (SSSR count). The van der Waals surface area contributed by atoms with Gasteiger partial charge in [-0.05, 0) is 116 Å². The van der Waals surface area contributed by atoms with Gasteiger partial charge in [-0.15, -0.1) is 0 Å². The number of carbonyl (C=O) groups is 1. The fourth-order valence-electron chi connectivity index (χ4n) is 11.5. The number of fused-ring (bicyclic) bond motifs is 7. The van der Waals surface area contributed by atoms with Gasteiger partial charge in [0.1, 0.15) is 0 Å². The largest absolute Gasteiger partial charge is 0.481 e. The molecule has 0 aromatic carbocycles. The summed E-state index contributed by atoms with van der Waals surface area (Å²) in [5.74, 6) is 3.07. The summed E-state index contributed by atoms with van der Waals surface area (Å²) in [5, 5.41) is 31.7. The summed E-state index contributed by atoms with van der Waals surface area (Å²) in [6.45, 7) is 11.9. The van der Waals surface area contributed by atoms with Crippen LogP contribution in [0.25, 0.3) is 0 Å². The topological polar surface area (TPSA) is 77.8 Å². The molecule has 11 atom stereocenters. The van der Waals surface area contributed by atoms with E-state index < -0.39 is 22.9 Å². The maximum absolute atomic E-state index is 12.7. The first-order valence-corrected chi connectivity index (χ1v) is 14.0. The fourth-order valence-corrected chi connectivity index (χ4v) is 11.5. The Kier molecular flexibility index (Phi) is 5.62. The lowest BCUT2D eigenvalue weighted by Gasteiger charge is -2.69. The lowest BCUT2D eigenvalue weighted by Crippen LogP contribution is -2.64. The van der Waals surface area contributed by atoms with Crippen molar-refractivity contribution < 1.29 is 20.1 Å². The van der Waals surface area contributed by atoms with Crippen molar-refractivity contribution in [2.45, 2.75) is 105 Å². The van der Waals surface area contributed by atoms with Gasteiger partial charge in [0.15, 0.2) is 0 Å². The summed E-state index contributed by atoms with van der Waals surface area (Å²) in [5.41, 5.74) is -0.472. The summed E-state index contributed by atoms with van der Waals surface area (Å²) in [7, 11) is 0. The third-order valence-electron chi connectivity index (χ3n) is 13.0. The van der Waals surface area contributed by atoms with Crippen LogP contribution >= 0.6 is 0 Å². The van der Waals surface area contributed by atoms with Gasteiger partial charge in [0.2, 0.25) is 0 Å². The molecule has 0 spiro atoms. The molecule has 5 aliphatic carbocycles. The summed E-state index contributed by atoms with van der Waals surface area (Å²) in [6.07, 6.45) is 9.98. The number of aliphatic hydroxyl groups excluding tert-OH is 2. The molecule has 0 saturated heterocycles. The van der Waals surface area contributed by atoms with Crippen LogP contribution < -0.4 is 0 Å². The van der Waals surface area contributed by atoms with Gasteiger partial charge >= 0.3 is 5.97 Å². The van der Waals surface area contributed by atoms with Gasteiger partial charge in [-0.2, -0.15) is 0 Å². The highest BCUT2D eigenvalue weighted by Crippen LogP contribution is 2.73. The Balaban J connectivity index is 1.51. The number of hydrogen-bond acceptors (Lipinski definition) is 3. The van der Waals surface area contributed by atoms with Crippen LogP contribution in [0.15, 0.2) is 0 Å². The number of carboxylic acid groups (broad SMARTS) is 1. The van der Waals surface area contributed by atoms with Crippen LogP contribution in [0, 0.1) is 63.1 Å². The first-order chi connectivity index (χ1) is 15.5. The normalized spacial score (nSPS) is 55.9. The molecule has 0 aliphatic heterocycles. The lowest BCUT2D eigenvalue weighted by atomic mass is 9.36. The number of rotatable bonds is 3. The van der Waals surface area contributed by atoms with Crippen molar-refractivity contribution in [1.29, 1.82) is 0 Å². The maximum Gasteiger partial charge on any atom is 0.309 e. The average molecular weight is 461 g/mol. The Labute approximate surface area is 200 Å². The molecule has 33 heavy (non-hydrogen) atoms. The van der Waals surface area contributed by atoms with Gasteiger partial charge in [-0.3, -0.25) is 4.79 Å². The highest BCUT2D eigenvalue weighted by molar-refractivity contribution is 5.76. The molecule has 6 unspecified atom stereocenters. The third-order valence-corrected chi connectivity index (χ3v) is 13.0. The molecule has 0 heterocycles. The van der Waals surface area contributed by atoms with Crippen LogP contribution in [0.4, 0.5) is 0 Å². The van der Waals surface area contributed by atoms with Crippen molar-refractivity contribution in [3.05, 3.63) is 0 Å². The van der Waals surface area contributed by atoms with Gasteiger partial charge in [-0.25, -0.2) is 0 Å². The Hall–Kier alpha value is -0.610. The Morgan fingerprint density at radius 3 is 2.18 bits per heavy atom. The molecule has 0 bridgehead atoms. The molecule has 5 aliphatic rings. The predicted octanol–water partition coefficient (Wildman–Crippen LogP) is 5.75. The van der Waals surface area contributed by atoms with E-state index in [1.165, 1.54) is 19.3 Å². The molecular weight excluding hydrogens is 412 g/mol. The molecule has 4 nitrogen and oxygen atoms in total. The van der Waals surface area contributed by atoms with Crippen molar-refractivity contribution in [2.24, 2.45) is 63.1 Å². The molecular formula is C29H48O4. The first-order valence-electron chi connectivity index (χ1n) is 14.0. The molecule has 0 aromatic rings. The van der Waals surface area contributed by atoms with Gasteiger partial charge < -0.3 is 15.3 Å². The van der Waals surface area contributed by atoms with Crippen molar-refractivity contribution in [2.75, 3.05) is 6.61 Å². The molecule has 0 amide bonds. The van der Waals surface area contributed by atoms with Crippen molar-refractivity contribution >= 4 is 5.97 Å². The molecule has 0 aromatic heterocycles. The van der Waals surface area contributed by atoms with Crippen molar-refractivity contribution in [1.82, 2.24) is 0 Å². The van der Waals surface area contributed by atoms with Gasteiger partial charge in [-0.1, -0.05) is 34.6 Å². The van der Waals surface area contributed by atoms with E-state index in [0.29, 0.717) is 41.4 Å². The minimum atomic E-state index is -0.517. The summed E-state index contributed by atoms with van der Waals surface area (Å²) in [6, 6.07) is 0. The number of hydrogen-bond donors (Lipinski definition) is 3. The fraction of sp³-hybridized carbons (Fsp3) is 0.966. The minimum absolute atomic E-state index is 0.0726. The highest BCUT2D eigenvalue weighted by Gasteiger charge is 2.68.